The summed E-state index contributed by atoms with van der Waals surface area (Å²) in [5, 5.41) is 11.5. The van der Waals surface area contributed by atoms with Crippen LogP contribution in [0.15, 0.2) is 24.3 Å². The molecule has 1 amide bonds. The van der Waals surface area contributed by atoms with E-state index in [0.29, 0.717) is 0 Å². The Kier molecular flexibility index (Phi) is 5.70. The maximum Gasteiger partial charge on any atom is 0.326 e. The summed E-state index contributed by atoms with van der Waals surface area (Å²) in [6, 6.07) is 3.17. The summed E-state index contributed by atoms with van der Waals surface area (Å²) in [4.78, 5) is 22.6. The van der Waals surface area contributed by atoms with E-state index in [2.05, 4.69) is 5.32 Å². The van der Waals surface area contributed by atoms with E-state index in [1.165, 1.54) is 24.3 Å². The van der Waals surface area contributed by atoms with Gasteiger partial charge in [-0.2, -0.15) is 0 Å². The molecule has 1 aromatic rings. The molecule has 0 aliphatic carbocycles. The lowest BCUT2D eigenvalue weighted by molar-refractivity contribution is -0.142. The molecule has 0 fully saturated rings. The fraction of sp³-hybridized carbons (Fsp3) is 0.286. The van der Waals surface area contributed by atoms with E-state index in [9.17, 15) is 14.0 Å². The molecular formula is C14H15ClFNO3. The number of benzene rings is 1. The van der Waals surface area contributed by atoms with Gasteiger partial charge in [-0.05, 0) is 24.1 Å². The third kappa shape index (κ3) is 4.35. The second-order valence-electron chi connectivity index (χ2n) is 4.54. The average Bonchev–Trinajstić information content (AvgIpc) is 2.34. The molecule has 0 heterocycles. The lowest BCUT2D eigenvalue weighted by Gasteiger charge is -2.16. The maximum absolute atomic E-state index is 13.5. The lowest BCUT2D eigenvalue weighted by atomic mass is 10.0. The molecule has 1 aromatic carbocycles. The number of carboxylic acid groups (broad SMARTS) is 1. The minimum Gasteiger partial charge on any atom is -0.480 e. The van der Waals surface area contributed by atoms with E-state index in [0.717, 1.165) is 6.08 Å². The van der Waals surface area contributed by atoms with E-state index in [1.54, 1.807) is 13.8 Å². The molecule has 0 saturated carbocycles. The van der Waals surface area contributed by atoms with E-state index in [1.807, 2.05) is 0 Å². The van der Waals surface area contributed by atoms with Crippen LogP contribution in [0.5, 0.6) is 0 Å². The van der Waals surface area contributed by atoms with Gasteiger partial charge in [0.05, 0.1) is 5.02 Å². The monoisotopic (exact) mass is 299 g/mol. The predicted molar refractivity (Wildman–Crippen MR) is 74.8 cm³/mol. The fourth-order valence-electron chi connectivity index (χ4n) is 1.54. The van der Waals surface area contributed by atoms with Crippen molar-refractivity contribution in [3.63, 3.8) is 0 Å². The standard InChI is InChI=1S/C14H15ClFNO3/c1-8(2)13(14(19)20)17-12(18)7-6-9-10(15)4-3-5-11(9)16/h3-8,13H,1-2H3,(H,17,18)(H,19,20)/b7-6+/t13-/m0/s1. The van der Waals surface area contributed by atoms with Crippen LogP contribution >= 0.6 is 11.6 Å². The second kappa shape index (κ2) is 7.05. The molecule has 0 aliphatic rings. The molecule has 6 heteroatoms. The summed E-state index contributed by atoms with van der Waals surface area (Å²) in [6.45, 7) is 3.35. The van der Waals surface area contributed by atoms with Crippen molar-refractivity contribution < 1.29 is 19.1 Å². The van der Waals surface area contributed by atoms with Crippen molar-refractivity contribution in [2.24, 2.45) is 5.92 Å². The van der Waals surface area contributed by atoms with Gasteiger partial charge in [0, 0.05) is 11.6 Å². The zero-order chi connectivity index (χ0) is 15.3. The largest absolute Gasteiger partial charge is 0.480 e. The van der Waals surface area contributed by atoms with Gasteiger partial charge in [-0.15, -0.1) is 0 Å². The summed E-state index contributed by atoms with van der Waals surface area (Å²) in [6.07, 6.45) is 2.27. The van der Waals surface area contributed by atoms with Crippen molar-refractivity contribution in [2.75, 3.05) is 0 Å². The quantitative estimate of drug-likeness (QED) is 0.822. The molecule has 0 unspecified atom stereocenters. The molecule has 0 aliphatic heterocycles. The summed E-state index contributed by atoms with van der Waals surface area (Å²) < 4.78 is 13.5. The topological polar surface area (TPSA) is 66.4 Å². The number of aliphatic carboxylic acids is 1. The van der Waals surface area contributed by atoms with Crippen LogP contribution in [0.3, 0.4) is 0 Å². The van der Waals surface area contributed by atoms with Gasteiger partial charge in [0.15, 0.2) is 0 Å². The summed E-state index contributed by atoms with van der Waals surface area (Å²) in [7, 11) is 0. The molecule has 0 saturated heterocycles. The normalized spacial score (nSPS) is 12.7. The minimum atomic E-state index is -1.12. The highest BCUT2D eigenvalue weighted by Crippen LogP contribution is 2.20. The Bertz CT molecular complexity index is 523. The van der Waals surface area contributed by atoms with Crippen LogP contribution in [-0.4, -0.2) is 23.0 Å². The van der Waals surface area contributed by atoms with E-state index in [4.69, 9.17) is 16.7 Å². The first-order valence-corrected chi connectivity index (χ1v) is 6.36. The third-order valence-corrected chi connectivity index (χ3v) is 2.96. The van der Waals surface area contributed by atoms with Crippen LogP contribution in [0.2, 0.25) is 5.02 Å². The number of carbonyl (C=O) groups excluding carboxylic acids is 1. The molecule has 108 valence electrons. The number of nitrogens with one attached hydrogen (secondary N) is 1. The molecule has 0 spiro atoms. The maximum atomic E-state index is 13.5. The van der Waals surface area contributed by atoms with Crippen molar-refractivity contribution >= 4 is 29.6 Å². The number of carbonyl (C=O) groups is 2. The zero-order valence-electron chi connectivity index (χ0n) is 11.1. The second-order valence-corrected chi connectivity index (χ2v) is 4.94. The van der Waals surface area contributed by atoms with Gasteiger partial charge in [-0.25, -0.2) is 9.18 Å². The molecule has 4 nitrogen and oxygen atoms in total. The van der Waals surface area contributed by atoms with Gasteiger partial charge < -0.3 is 10.4 Å². The predicted octanol–water partition coefficient (Wildman–Crippen LogP) is 2.72. The summed E-state index contributed by atoms with van der Waals surface area (Å²) in [5.74, 6) is -2.56. The van der Waals surface area contributed by atoms with Crippen molar-refractivity contribution in [2.45, 2.75) is 19.9 Å². The Labute approximate surface area is 121 Å². The molecule has 20 heavy (non-hydrogen) atoms. The SMILES string of the molecule is CC(C)[C@H](NC(=O)/C=C/c1c(F)cccc1Cl)C(=O)O. The average molecular weight is 300 g/mol. The number of carboxylic acids is 1. The van der Waals surface area contributed by atoms with Crippen LogP contribution in [0.25, 0.3) is 6.08 Å². The van der Waals surface area contributed by atoms with Crippen molar-refractivity contribution in [3.05, 3.63) is 40.7 Å². The van der Waals surface area contributed by atoms with Crippen molar-refractivity contribution in [1.82, 2.24) is 5.32 Å². The van der Waals surface area contributed by atoms with Crippen molar-refractivity contribution in [3.8, 4) is 0 Å². The molecule has 2 N–H and O–H groups in total. The Morgan fingerprint density at radius 2 is 2.05 bits per heavy atom. The van der Waals surface area contributed by atoms with Gasteiger partial charge in [-0.1, -0.05) is 31.5 Å². The Hall–Kier alpha value is -1.88. The first-order valence-electron chi connectivity index (χ1n) is 5.98. The Balaban J connectivity index is 2.80. The van der Waals surface area contributed by atoms with Crippen molar-refractivity contribution in [1.29, 1.82) is 0 Å². The Morgan fingerprint density at radius 3 is 2.55 bits per heavy atom. The van der Waals surface area contributed by atoms with Gasteiger partial charge in [0.1, 0.15) is 11.9 Å². The molecule has 0 radical (unpaired) electrons. The molecular weight excluding hydrogens is 285 g/mol. The molecule has 0 aromatic heterocycles. The first kappa shape index (κ1) is 16.2. The van der Waals surface area contributed by atoms with Gasteiger partial charge >= 0.3 is 5.97 Å². The number of halogens is 2. The van der Waals surface area contributed by atoms with Crippen LogP contribution in [0, 0.1) is 11.7 Å². The number of amides is 1. The van der Waals surface area contributed by atoms with Crippen LogP contribution < -0.4 is 5.32 Å². The first-order chi connectivity index (χ1) is 9.32. The summed E-state index contributed by atoms with van der Waals surface area (Å²) in [5.41, 5.74) is 0.0840. The number of rotatable bonds is 5. The zero-order valence-corrected chi connectivity index (χ0v) is 11.8. The summed E-state index contributed by atoms with van der Waals surface area (Å²) >= 11 is 5.80. The minimum absolute atomic E-state index is 0.0840. The molecule has 0 bridgehead atoms. The highest BCUT2D eigenvalue weighted by Gasteiger charge is 2.22. The van der Waals surface area contributed by atoms with E-state index >= 15 is 0 Å². The smallest absolute Gasteiger partial charge is 0.326 e. The van der Waals surface area contributed by atoms with Crippen LogP contribution in [0.4, 0.5) is 4.39 Å². The number of hydrogen-bond donors (Lipinski definition) is 2. The van der Waals surface area contributed by atoms with Gasteiger partial charge in [0.2, 0.25) is 5.91 Å². The third-order valence-electron chi connectivity index (χ3n) is 2.63. The van der Waals surface area contributed by atoms with E-state index in [-0.39, 0.29) is 16.5 Å². The highest BCUT2D eigenvalue weighted by molar-refractivity contribution is 6.32. The molecule has 1 atom stereocenters. The lowest BCUT2D eigenvalue weighted by Crippen LogP contribution is -2.43. The molecule has 1 rings (SSSR count). The fourth-order valence-corrected chi connectivity index (χ4v) is 1.77. The van der Waals surface area contributed by atoms with E-state index < -0.39 is 23.7 Å². The Morgan fingerprint density at radius 1 is 1.40 bits per heavy atom. The van der Waals surface area contributed by atoms with Gasteiger partial charge in [-0.3, -0.25) is 4.79 Å². The highest BCUT2D eigenvalue weighted by atomic mass is 35.5. The van der Waals surface area contributed by atoms with Gasteiger partial charge in [0.25, 0.3) is 0 Å². The van der Waals surface area contributed by atoms with Crippen LogP contribution in [0.1, 0.15) is 19.4 Å². The van der Waals surface area contributed by atoms with Crippen LogP contribution in [-0.2, 0) is 9.59 Å². The number of hydrogen-bond acceptors (Lipinski definition) is 2.